The maximum absolute atomic E-state index is 5.02. The lowest BCUT2D eigenvalue weighted by Crippen LogP contribution is -1.94. The Balaban J connectivity index is 3.14. The van der Waals surface area contributed by atoms with Gasteiger partial charge in [0.2, 0.25) is 0 Å². The van der Waals surface area contributed by atoms with Crippen LogP contribution < -0.4 is 4.74 Å². The highest BCUT2D eigenvalue weighted by Gasteiger charge is 2.00. The Morgan fingerprint density at radius 2 is 2.10 bits per heavy atom. The van der Waals surface area contributed by atoms with E-state index in [0.717, 1.165) is 17.0 Å². The van der Waals surface area contributed by atoms with E-state index in [2.05, 4.69) is 10.2 Å². The second-order valence-corrected chi connectivity index (χ2v) is 2.12. The van der Waals surface area contributed by atoms with Crippen LogP contribution in [0.5, 0.6) is 5.75 Å². The molecular weight excluding hydrogens is 128 g/mol. The first kappa shape index (κ1) is 6.99. The molecule has 1 aromatic rings. The molecule has 0 amide bonds. The Hall–Kier alpha value is -1.12. The summed E-state index contributed by atoms with van der Waals surface area (Å²) in [5.41, 5.74) is 1.97. The molecule has 0 bridgehead atoms. The highest BCUT2D eigenvalue weighted by Crippen LogP contribution is 2.15. The third-order valence-electron chi connectivity index (χ3n) is 1.51. The highest BCUT2D eigenvalue weighted by atomic mass is 16.5. The van der Waals surface area contributed by atoms with Gasteiger partial charge in [-0.05, 0) is 13.8 Å². The van der Waals surface area contributed by atoms with Crippen molar-refractivity contribution in [3.8, 4) is 5.75 Å². The fourth-order valence-corrected chi connectivity index (χ4v) is 0.724. The van der Waals surface area contributed by atoms with E-state index in [-0.39, 0.29) is 0 Å². The largest absolute Gasteiger partial charge is 0.495 e. The lowest BCUT2D eigenvalue weighted by molar-refractivity contribution is 0.407. The third kappa shape index (κ3) is 1.07. The summed E-state index contributed by atoms with van der Waals surface area (Å²) < 4.78 is 5.02. The van der Waals surface area contributed by atoms with Gasteiger partial charge in [0.1, 0.15) is 5.75 Å². The van der Waals surface area contributed by atoms with Crippen LogP contribution in [0.1, 0.15) is 11.3 Å². The van der Waals surface area contributed by atoms with Crippen LogP contribution in [-0.2, 0) is 0 Å². The van der Waals surface area contributed by atoms with Gasteiger partial charge in [-0.25, -0.2) is 0 Å². The minimum atomic E-state index is 0.799. The minimum Gasteiger partial charge on any atom is -0.495 e. The van der Waals surface area contributed by atoms with Crippen molar-refractivity contribution < 1.29 is 4.74 Å². The van der Waals surface area contributed by atoms with E-state index in [1.807, 2.05) is 13.8 Å². The summed E-state index contributed by atoms with van der Waals surface area (Å²) in [4.78, 5) is 0. The van der Waals surface area contributed by atoms with Gasteiger partial charge in [-0.2, -0.15) is 10.2 Å². The van der Waals surface area contributed by atoms with Crippen LogP contribution in [0.2, 0.25) is 0 Å². The maximum Gasteiger partial charge on any atom is 0.143 e. The zero-order valence-electron chi connectivity index (χ0n) is 6.38. The van der Waals surface area contributed by atoms with Gasteiger partial charge in [-0.1, -0.05) is 0 Å². The van der Waals surface area contributed by atoms with Crippen molar-refractivity contribution in [1.29, 1.82) is 0 Å². The van der Waals surface area contributed by atoms with Gasteiger partial charge in [-0.3, -0.25) is 0 Å². The van der Waals surface area contributed by atoms with Gasteiger partial charge >= 0.3 is 0 Å². The molecule has 0 saturated heterocycles. The van der Waals surface area contributed by atoms with E-state index < -0.39 is 0 Å². The Kier molecular flexibility index (Phi) is 1.85. The van der Waals surface area contributed by atoms with Crippen LogP contribution in [0.15, 0.2) is 6.20 Å². The van der Waals surface area contributed by atoms with Gasteiger partial charge < -0.3 is 4.74 Å². The van der Waals surface area contributed by atoms with Crippen LogP contribution in [-0.4, -0.2) is 17.3 Å². The van der Waals surface area contributed by atoms with E-state index in [0.29, 0.717) is 0 Å². The predicted molar refractivity (Wildman–Crippen MR) is 38.1 cm³/mol. The molecule has 54 valence electrons. The second kappa shape index (κ2) is 2.64. The first-order valence-corrected chi connectivity index (χ1v) is 3.08. The second-order valence-electron chi connectivity index (χ2n) is 2.12. The van der Waals surface area contributed by atoms with Crippen LogP contribution >= 0.6 is 0 Å². The molecule has 3 nitrogen and oxygen atoms in total. The summed E-state index contributed by atoms with van der Waals surface area (Å²) >= 11 is 0. The summed E-state index contributed by atoms with van der Waals surface area (Å²) in [5, 5.41) is 7.60. The van der Waals surface area contributed by atoms with Crippen LogP contribution in [0.25, 0.3) is 0 Å². The monoisotopic (exact) mass is 138 g/mol. The molecule has 3 heteroatoms. The number of hydrogen-bond donors (Lipinski definition) is 0. The van der Waals surface area contributed by atoms with Gasteiger partial charge in [0.05, 0.1) is 19.0 Å². The normalized spacial score (nSPS) is 9.50. The summed E-state index contributed by atoms with van der Waals surface area (Å²) in [6.07, 6.45) is 1.61. The molecule has 0 spiro atoms. The van der Waals surface area contributed by atoms with Crippen molar-refractivity contribution in [2.75, 3.05) is 7.11 Å². The van der Waals surface area contributed by atoms with Crippen molar-refractivity contribution >= 4 is 0 Å². The standard InChI is InChI=1S/C7H10N2O/c1-5-6(2)9-8-4-7(5)10-3/h4H,1-3H3. The SMILES string of the molecule is COc1cnnc(C)c1C. The molecule has 0 aromatic carbocycles. The van der Waals surface area contributed by atoms with Crippen LogP contribution in [0.4, 0.5) is 0 Å². The van der Waals surface area contributed by atoms with Crippen molar-refractivity contribution in [2.24, 2.45) is 0 Å². The topological polar surface area (TPSA) is 35.0 Å². The lowest BCUT2D eigenvalue weighted by Gasteiger charge is -2.03. The van der Waals surface area contributed by atoms with Crippen LogP contribution in [0, 0.1) is 13.8 Å². The summed E-state index contributed by atoms with van der Waals surface area (Å²) in [6, 6.07) is 0. The van der Waals surface area contributed by atoms with Gasteiger partial charge in [0.25, 0.3) is 0 Å². The van der Waals surface area contributed by atoms with Crippen molar-refractivity contribution in [3.05, 3.63) is 17.5 Å². The molecule has 10 heavy (non-hydrogen) atoms. The van der Waals surface area contributed by atoms with E-state index >= 15 is 0 Å². The van der Waals surface area contributed by atoms with Gasteiger partial charge in [-0.15, -0.1) is 0 Å². The summed E-state index contributed by atoms with van der Waals surface area (Å²) in [6.45, 7) is 3.87. The Labute approximate surface area is 60.0 Å². The molecule has 0 aliphatic heterocycles. The number of hydrogen-bond acceptors (Lipinski definition) is 3. The van der Waals surface area contributed by atoms with Crippen molar-refractivity contribution in [1.82, 2.24) is 10.2 Å². The molecule has 0 N–H and O–H groups in total. The van der Waals surface area contributed by atoms with E-state index in [1.165, 1.54) is 0 Å². The Bertz CT molecular complexity index is 235. The molecule has 0 atom stereocenters. The first-order chi connectivity index (χ1) is 4.75. The van der Waals surface area contributed by atoms with Crippen molar-refractivity contribution in [3.63, 3.8) is 0 Å². The molecule has 0 aliphatic rings. The molecule has 0 aliphatic carbocycles. The number of rotatable bonds is 1. The zero-order valence-corrected chi connectivity index (χ0v) is 6.38. The minimum absolute atomic E-state index is 0.799. The fraction of sp³-hybridized carbons (Fsp3) is 0.429. The Morgan fingerprint density at radius 3 is 2.60 bits per heavy atom. The summed E-state index contributed by atoms with van der Waals surface area (Å²) in [5.74, 6) is 0.799. The smallest absolute Gasteiger partial charge is 0.143 e. The predicted octanol–water partition coefficient (Wildman–Crippen LogP) is 1.10. The average molecular weight is 138 g/mol. The number of aromatic nitrogens is 2. The van der Waals surface area contributed by atoms with E-state index in [9.17, 15) is 0 Å². The first-order valence-electron chi connectivity index (χ1n) is 3.08. The summed E-state index contributed by atoms with van der Waals surface area (Å²) in [7, 11) is 1.63. The average Bonchev–Trinajstić information content (AvgIpc) is 1.95. The molecule has 1 rings (SSSR count). The van der Waals surface area contributed by atoms with E-state index in [1.54, 1.807) is 13.3 Å². The van der Waals surface area contributed by atoms with Gasteiger partial charge in [0.15, 0.2) is 0 Å². The zero-order chi connectivity index (χ0) is 7.56. The van der Waals surface area contributed by atoms with Crippen molar-refractivity contribution in [2.45, 2.75) is 13.8 Å². The quantitative estimate of drug-likeness (QED) is 0.583. The molecule has 1 aromatic heterocycles. The molecular formula is C7H10N2O. The third-order valence-corrected chi connectivity index (χ3v) is 1.51. The molecule has 1 heterocycles. The number of ether oxygens (including phenoxy) is 1. The molecule has 0 saturated carbocycles. The number of nitrogens with zero attached hydrogens (tertiary/aromatic N) is 2. The maximum atomic E-state index is 5.02. The molecule has 0 fully saturated rings. The molecule has 0 radical (unpaired) electrons. The highest BCUT2D eigenvalue weighted by molar-refractivity contribution is 5.30. The lowest BCUT2D eigenvalue weighted by atomic mass is 10.2. The van der Waals surface area contributed by atoms with E-state index in [4.69, 9.17) is 4.74 Å². The van der Waals surface area contributed by atoms with Gasteiger partial charge in [0, 0.05) is 5.56 Å². The number of methoxy groups -OCH3 is 1. The fourth-order valence-electron chi connectivity index (χ4n) is 0.724. The Morgan fingerprint density at radius 1 is 1.40 bits per heavy atom. The van der Waals surface area contributed by atoms with Crippen LogP contribution in [0.3, 0.4) is 0 Å². The molecule has 0 unspecified atom stereocenters. The number of aryl methyl sites for hydroxylation is 1.